The second kappa shape index (κ2) is 10.2. The third-order valence-electron chi connectivity index (χ3n) is 6.44. The molecule has 1 aliphatic rings. The average molecular weight is 601 g/mol. The van der Waals surface area contributed by atoms with Gasteiger partial charge in [-0.3, -0.25) is 4.68 Å². The quantitative estimate of drug-likeness (QED) is 0.275. The summed E-state index contributed by atoms with van der Waals surface area (Å²) in [6.07, 6.45) is 2.66. The van der Waals surface area contributed by atoms with Gasteiger partial charge >= 0.3 is 6.03 Å². The molecule has 0 saturated heterocycles. The van der Waals surface area contributed by atoms with Crippen molar-refractivity contribution in [2.75, 3.05) is 11.9 Å². The first-order chi connectivity index (χ1) is 18.1. The van der Waals surface area contributed by atoms with E-state index in [1.807, 2.05) is 88.6 Å². The summed E-state index contributed by atoms with van der Waals surface area (Å²) in [6.45, 7) is 1.62. The largest absolute Gasteiger partial charge is 0.322 e. The van der Waals surface area contributed by atoms with Gasteiger partial charge in [0.15, 0.2) is 0 Å². The Balaban J connectivity index is 1.29. The molecule has 0 spiro atoms. The predicted octanol–water partition coefficient (Wildman–Crippen LogP) is 5.37. The van der Waals surface area contributed by atoms with E-state index in [9.17, 15) is 4.79 Å². The lowest BCUT2D eigenvalue weighted by atomic mass is 10.0. The summed E-state index contributed by atoms with van der Waals surface area (Å²) in [5.74, 6) is 0. The van der Waals surface area contributed by atoms with E-state index in [4.69, 9.17) is 5.10 Å². The SMILES string of the molecule is O=C(Nc1ccccc1)N1CCc2c(c(-c3ccccc3)nn2Cc2cn(-c3ccc(I)cc3)nn2)C1. The zero-order chi connectivity index (χ0) is 25.2. The summed E-state index contributed by atoms with van der Waals surface area (Å²) < 4.78 is 4.98. The number of nitrogens with zero attached hydrogens (tertiary/aromatic N) is 6. The van der Waals surface area contributed by atoms with Crippen molar-refractivity contribution in [2.24, 2.45) is 0 Å². The molecule has 8 nitrogen and oxygen atoms in total. The summed E-state index contributed by atoms with van der Waals surface area (Å²) in [5, 5.41) is 16.8. The van der Waals surface area contributed by atoms with Crippen LogP contribution in [0.5, 0.6) is 0 Å². The van der Waals surface area contributed by atoms with Gasteiger partial charge in [0.1, 0.15) is 5.69 Å². The first kappa shape index (κ1) is 23.4. The van der Waals surface area contributed by atoms with Crippen LogP contribution in [0.25, 0.3) is 16.9 Å². The van der Waals surface area contributed by atoms with E-state index in [-0.39, 0.29) is 6.03 Å². The van der Waals surface area contributed by atoms with Crippen molar-refractivity contribution in [2.45, 2.75) is 19.5 Å². The van der Waals surface area contributed by atoms with E-state index >= 15 is 0 Å². The number of carbonyl (C=O) groups excluding carboxylic acids is 1. The molecule has 0 atom stereocenters. The van der Waals surface area contributed by atoms with E-state index < -0.39 is 0 Å². The third kappa shape index (κ3) is 4.99. The molecule has 2 aromatic heterocycles. The monoisotopic (exact) mass is 601 g/mol. The number of nitrogens with one attached hydrogen (secondary N) is 1. The molecule has 6 rings (SSSR count). The van der Waals surface area contributed by atoms with Crippen LogP contribution in [0.3, 0.4) is 0 Å². The number of hydrogen-bond acceptors (Lipinski definition) is 4. The van der Waals surface area contributed by atoms with Gasteiger partial charge in [-0.2, -0.15) is 5.10 Å². The van der Waals surface area contributed by atoms with Gasteiger partial charge in [0, 0.05) is 39.0 Å². The number of anilines is 1. The minimum absolute atomic E-state index is 0.107. The predicted molar refractivity (Wildman–Crippen MR) is 150 cm³/mol. The third-order valence-corrected chi connectivity index (χ3v) is 7.16. The molecule has 1 N–H and O–H groups in total. The fraction of sp³-hybridized carbons (Fsp3) is 0.143. The van der Waals surface area contributed by atoms with Crippen LogP contribution in [0.2, 0.25) is 0 Å². The van der Waals surface area contributed by atoms with E-state index in [1.165, 1.54) is 3.57 Å². The van der Waals surface area contributed by atoms with Crippen molar-refractivity contribution in [1.82, 2.24) is 29.7 Å². The maximum absolute atomic E-state index is 13.0. The summed E-state index contributed by atoms with van der Waals surface area (Å²) in [5.41, 5.74) is 6.72. The molecular weight excluding hydrogens is 577 g/mol. The number of fused-ring (bicyclic) bond motifs is 1. The maximum Gasteiger partial charge on any atom is 0.322 e. The van der Waals surface area contributed by atoms with Gasteiger partial charge in [0.25, 0.3) is 0 Å². The van der Waals surface area contributed by atoms with E-state index in [1.54, 1.807) is 4.68 Å². The van der Waals surface area contributed by atoms with Crippen LogP contribution in [0.1, 0.15) is 17.0 Å². The molecule has 3 aromatic carbocycles. The van der Waals surface area contributed by atoms with E-state index in [0.29, 0.717) is 26.1 Å². The molecular formula is C28H24IN7O. The van der Waals surface area contributed by atoms with E-state index in [0.717, 1.165) is 39.6 Å². The van der Waals surface area contributed by atoms with Gasteiger partial charge in [-0.05, 0) is 59.0 Å². The molecule has 9 heteroatoms. The highest BCUT2D eigenvalue weighted by Gasteiger charge is 2.28. The Hall–Kier alpha value is -3.99. The summed E-state index contributed by atoms with van der Waals surface area (Å²) in [4.78, 5) is 14.9. The lowest BCUT2D eigenvalue weighted by molar-refractivity contribution is 0.206. The number of carbonyl (C=O) groups is 1. The molecule has 0 saturated carbocycles. The molecule has 2 amide bonds. The molecule has 3 heterocycles. The molecule has 0 aliphatic carbocycles. The van der Waals surface area contributed by atoms with Crippen LogP contribution >= 0.6 is 22.6 Å². The highest BCUT2D eigenvalue weighted by Crippen LogP contribution is 2.31. The number of rotatable bonds is 5. The fourth-order valence-corrected chi connectivity index (χ4v) is 4.95. The van der Waals surface area contributed by atoms with Gasteiger partial charge < -0.3 is 10.2 Å². The topological polar surface area (TPSA) is 80.9 Å². The average Bonchev–Trinajstić information content (AvgIpc) is 3.55. The Bertz CT molecular complexity index is 1530. The van der Waals surface area contributed by atoms with Crippen LogP contribution < -0.4 is 5.32 Å². The number of urea groups is 1. The Labute approximate surface area is 228 Å². The molecule has 0 fully saturated rings. The van der Waals surface area contributed by atoms with Crippen LogP contribution in [0.4, 0.5) is 10.5 Å². The zero-order valence-electron chi connectivity index (χ0n) is 20.0. The lowest BCUT2D eigenvalue weighted by Crippen LogP contribution is -2.39. The first-order valence-electron chi connectivity index (χ1n) is 12.1. The van der Waals surface area contributed by atoms with Crippen LogP contribution in [-0.2, 0) is 19.5 Å². The number of hydrogen-bond donors (Lipinski definition) is 1. The van der Waals surface area contributed by atoms with Crippen LogP contribution in [0, 0.1) is 3.57 Å². The Morgan fingerprint density at radius 3 is 2.43 bits per heavy atom. The highest BCUT2D eigenvalue weighted by molar-refractivity contribution is 14.1. The van der Waals surface area contributed by atoms with Crippen molar-refractivity contribution < 1.29 is 4.79 Å². The number of halogens is 1. The number of para-hydroxylation sites is 1. The van der Waals surface area contributed by atoms with Gasteiger partial charge in [0.05, 0.1) is 30.7 Å². The van der Waals surface area contributed by atoms with E-state index in [2.05, 4.69) is 50.4 Å². The van der Waals surface area contributed by atoms with Crippen molar-refractivity contribution in [3.8, 4) is 16.9 Å². The zero-order valence-corrected chi connectivity index (χ0v) is 22.1. The second-order valence-electron chi connectivity index (χ2n) is 8.90. The summed E-state index contributed by atoms with van der Waals surface area (Å²) in [6, 6.07) is 27.7. The first-order valence-corrected chi connectivity index (χ1v) is 13.1. The maximum atomic E-state index is 13.0. The van der Waals surface area contributed by atoms with Gasteiger partial charge in [-0.15, -0.1) is 5.10 Å². The minimum atomic E-state index is -0.107. The molecule has 184 valence electrons. The summed E-state index contributed by atoms with van der Waals surface area (Å²) in [7, 11) is 0. The van der Waals surface area contributed by atoms with Crippen molar-refractivity contribution in [3.05, 3.63) is 112 Å². The molecule has 0 bridgehead atoms. The molecule has 0 radical (unpaired) electrons. The van der Waals surface area contributed by atoms with Gasteiger partial charge in [0.2, 0.25) is 0 Å². The molecule has 1 aliphatic heterocycles. The number of aromatic nitrogens is 5. The molecule has 37 heavy (non-hydrogen) atoms. The normalized spacial score (nSPS) is 12.8. The fourth-order valence-electron chi connectivity index (χ4n) is 4.59. The van der Waals surface area contributed by atoms with Crippen molar-refractivity contribution in [3.63, 3.8) is 0 Å². The Kier molecular flexibility index (Phi) is 6.44. The van der Waals surface area contributed by atoms with Crippen LogP contribution in [-0.4, -0.2) is 42.3 Å². The highest BCUT2D eigenvalue weighted by atomic mass is 127. The molecule has 0 unspecified atom stereocenters. The van der Waals surface area contributed by atoms with Crippen molar-refractivity contribution >= 4 is 34.3 Å². The summed E-state index contributed by atoms with van der Waals surface area (Å²) >= 11 is 2.29. The number of benzene rings is 3. The van der Waals surface area contributed by atoms with Gasteiger partial charge in [-0.1, -0.05) is 53.7 Å². The Morgan fingerprint density at radius 1 is 0.946 bits per heavy atom. The second-order valence-corrected chi connectivity index (χ2v) is 10.1. The minimum Gasteiger partial charge on any atom is -0.320 e. The molecule has 5 aromatic rings. The standard InChI is InChI=1S/C28H24IN7O/c29-21-11-13-24(14-12-21)35-17-23(31-33-35)18-36-26-15-16-34(28(37)30-22-9-5-2-6-10-22)19-25(26)27(32-36)20-7-3-1-4-8-20/h1-14,17H,15-16,18-19H2,(H,30,37). The lowest BCUT2D eigenvalue weighted by Gasteiger charge is -2.28. The van der Waals surface area contributed by atoms with Gasteiger partial charge in [-0.25, -0.2) is 9.48 Å². The smallest absolute Gasteiger partial charge is 0.320 e. The van der Waals surface area contributed by atoms with Crippen LogP contribution in [0.15, 0.2) is 91.1 Å². The van der Waals surface area contributed by atoms with Crippen molar-refractivity contribution in [1.29, 1.82) is 0 Å². The Morgan fingerprint density at radius 2 is 1.68 bits per heavy atom. The number of amides is 2.